The van der Waals surface area contributed by atoms with E-state index in [9.17, 15) is 4.79 Å². The summed E-state index contributed by atoms with van der Waals surface area (Å²) in [5.41, 5.74) is 1.06. The van der Waals surface area contributed by atoms with Crippen LogP contribution in [0.25, 0.3) is 0 Å². The van der Waals surface area contributed by atoms with Crippen LogP contribution in [0.2, 0.25) is 0 Å². The lowest BCUT2D eigenvalue weighted by molar-refractivity contribution is 0.0869. The Labute approximate surface area is 157 Å². The maximum absolute atomic E-state index is 12.8. The molecule has 146 valence electrons. The summed E-state index contributed by atoms with van der Waals surface area (Å²) in [5, 5.41) is 3.16. The number of nitrogens with zero attached hydrogens (tertiary/aromatic N) is 2. The minimum Gasteiger partial charge on any atom is -0.494 e. The highest BCUT2D eigenvalue weighted by molar-refractivity contribution is 5.74. The van der Waals surface area contributed by atoms with Crippen LogP contribution in [0.3, 0.4) is 0 Å². The average Bonchev–Trinajstić information content (AvgIpc) is 3.03. The lowest BCUT2D eigenvalue weighted by atomic mass is 10.2. The molecule has 0 saturated carbocycles. The zero-order chi connectivity index (χ0) is 19.1. The summed E-state index contributed by atoms with van der Waals surface area (Å²) in [6.07, 6.45) is 0.0290. The fraction of sp³-hybridized carbons (Fsp3) is 0.650. The van der Waals surface area contributed by atoms with Crippen LogP contribution >= 0.6 is 0 Å². The van der Waals surface area contributed by atoms with E-state index in [2.05, 4.69) is 24.1 Å². The molecule has 0 unspecified atom stereocenters. The molecule has 0 bridgehead atoms. The molecule has 0 radical (unpaired) electrons. The standard InChI is InChI=1S/C20H33N3O3/c1-6-22(12-16-9-8-10-17(11-16)26-7-2)20(24)21-18-13-23(15(3)4)14-19(18)25-5/h8-11,15,18-19H,6-7,12-14H2,1-5H3,(H,21,24)/t18-,19-/m0/s1. The smallest absolute Gasteiger partial charge is 0.318 e. The van der Waals surface area contributed by atoms with Gasteiger partial charge in [-0.2, -0.15) is 0 Å². The lowest BCUT2D eigenvalue weighted by Crippen LogP contribution is -2.49. The highest BCUT2D eigenvalue weighted by Crippen LogP contribution is 2.18. The molecule has 0 aliphatic carbocycles. The fourth-order valence-electron chi connectivity index (χ4n) is 3.30. The Bertz CT molecular complexity index is 579. The van der Waals surface area contributed by atoms with Crippen molar-refractivity contribution in [3.05, 3.63) is 29.8 Å². The predicted molar refractivity (Wildman–Crippen MR) is 104 cm³/mol. The highest BCUT2D eigenvalue weighted by Gasteiger charge is 2.35. The van der Waals surface area contributed by atoms with Gasteiger partial charge in [0.1, 0.15) is 5.75 Å². The monoisotopic (exact) mass is 363 g/mol. The number of urea groups is 1. The maximum atomic E-state index is 12.8. The largest absolute Gasteiger partial charge is 0.494 e. The first-order chi connectivity index (χ1) is 12.5. The first-order valence-corrected chi connectivity index (χ1v) is 9.52. The first kappa shape index (κ1) is 20.5. The van der Waals surface area contributed by atoms with Gasteiger partial charge in [0.05, 0.1) is 18.8 Å². The Morgan fingerprint density at radius 3 is 2.73 bits per heavy atom. The summed E-state index contributed by atoms with van der Waals surface area (Å²) in [6.45, 7) is 11.8. The van der Waals surface area contributed by atoms with Crippen molar-refractivity contribution in [1.82, 2.24) is 15.1 Å². The topological polar surface area (TPSA) is 54.0 Å². The van der Waals surface area contributed by atoms with Crippen LogP contribution in [0.15, 0.2) is 24.3 Å². The molecular formula is C20H33N3O3. The molecule has 1 aromatic carbocycles. The molecule has 2 rings (SSSR count). The first-order valence-electron chi connectivity index (χ1n) is 9.52. The van der Waals surface area contributed by atoms with E-state index in [1.165, 1.54) is 0 Å². The SMILES string of the molecule is CCOc1cccc(CN(CC)C(=O)N[C@H]2CN(C(C)C)C[C@@H]2OC)c1. The summed E-state index contributed by atoms with van der Waals surface area (Å²) < 4.78 is 11.1. The number of likely N-dealkylation sites (tertiary alicyclic amines) is 1. The number of hydrogen-bond acceptors (Lipinski definition) is 4. The van der Waals surface area contributed by atoms with Crippen LogP contribution < -0.4 is 10.1 Å². The summed E-state index contributed by atoms with van der Waals surface area (Å²) in [5.74, 6) is 0.837. The molecule has 6 heteroatoms. The van der Waals surface area contributed by atoms with E-state index in [4.69, 9.17) is 9.47 Å². The Kier molecular flexibility index (Phi) is 7.72. The molecule has 1 aromatic rings. The van der Waals surface area contributed by atoms with Gasteiger partial charge < -0.3 is 19.7 Å². The fourth-order valence-corrected chi connectivity index (χ4v) is 3.30. The number of ether oxygens (including phenoxy) is 2. The van der Waals surface area contributed by atoms with Crippen molar-refractivity contribution in [2.24, 2.45) is 0 Å². The minimum absolute atomic E-state index is 0.0127. The lowest BCUT2D eigenvalue weighted by Gasteiger charge is -2.26. The Hall–Kier alpha value is -1.79. The van der Waals surface area contributed by atoms with Crippen LogP contribution in [0.1, 0.15) is 33.3 Å². The maximum Gasteiger partial charge on any atom is 0.318 e. The quantitative estimate of drug-likeness (QED) is 0.772. The number of amides is 2. The second kappa shape index (κ2) is 9.78. The van der Waals surface area contributed by atoms with Gasteiger partial charge in [-0.1, -0.05) is 12.1 Å². The van der Waals surface area contributed by atoms with E-state index in [-0.39, 0.29) is 18.2 Å². The van der Waals surface area contributed by atoms with Crippen molar-refractivity contribution < 1.29 is 14.3 Å². The third-order valence-electron chi connectivity index (χ3n) is 4.89. The molecule has 2 atom stereocenters. The van der Waals surface area contributed by atoms with Gasteiger partial charge >= 0.3 is 6.03 Å². The molecule has 1 heterocycles. The van der Waals surface area contributed by atoms with E-state index >= 15 is 0 Å². The van der Waals surface area contributed by atoms with Crippen LogP contribution in [0, 0.1) is 0 Å². The highest BCUT2D eigenvalue weighted by atomic mass is 16.5. The number of nitrogens with one attached hydrogen (secondary N) is 1. The van der Waals surface area contributed by atoms with Crippen LogP contribution in [0.5, 0.6) is 5.75 Å². The number of methoxy groups -OCH3 is 1. The van der Waals surface area contributed by atoms with E-state index in [0.717, 1.165) is 24.4 Å². The molecule has 6 nitrogen and oxygen atoms in total. The Balaban J connectivity index is 1.98. The van der Waals surface area contributed by atoms with Crippen molar-refractivity contribution in [2.45, 2.75) is 52.4 Å². The van der Waals surface area contributed by atoms with E-state index in [1.807, 2.05) is 43.0 Å². The third-order valence-corrected chi connectivity index (χ3v) is 4.89. The van der Waals surface area contributed by atoms with Crippen LogP contribution in [0.4, 0.5) is 4.79 Å². The van der Waals surface area contributed by atoms with E-state index in [1.54, 1.807) is 7.11 Å². The van der Waals surface area contributed by atoms with Gasteiger partial charge in [-0.3, -0.25) is 4.90 Å². The molecule has 1 fully saturated rings. The van der Waals surface area contributed by atoms with Gasteiger partial charge in [0, 0.05) is 39.3 Å². The van der Waals surface area contributed by atoms with Gasteiger partial charge in [0.15, 0.2) is 0 Å². The minimum atomic E-state index is -0.0491. The molecular weight excluding hydrogens is 330 g/mol. The van der Waals surface area contributed by atoms with Crippen LogP contribution in [-0.4, -0.2) is 67.4 Å². The summed E-state index contributed by atoms with van der Waals surface area (Å²) >= 11 is 0. The zero-order valence-electron chi connectivity index (χ0n) is 16.7. The van der Waals surface area contributed by atoms with Gasteiger partial charge in [0.2, 0.25) is 0 Å². The van der Waals surface area contributed by atoms with Gasteiger partial charge in [0.25, 0.3) is 0 Å². The van der Waals surface area contributed by atoms with Crippen molar-refractivity contribution >= 4 is 6.03 Å². The average molecular weight is 364 g/mol. The third kappa shape index (κ3) is 5.35. The predicted octanol–water partition coefficient (Wildman–Crippen LogP) is 2.72. The van der Waals surface area contributed by atoms with Crippen molar-refractivity contribution in [1.29, 1.82) is 0 Å². The second-order valence-corrected chi connectivity index (χ2v) is 6.97. The van der Waals surface area contributed by atoms with Crippen molar-refractivity contribution in [3.8, 4) is 5.75 Å². The van der Waals surface area contributed by atoms with Crippen molar-refractivity contribution in [2.75, 3.05) is 33.4 Å². The van der Waals surface area contributed by atoms with Gasteiger partial charge in [-0.15, -0.1) is 0 Å². The number of hydrogen-bond donors (Lipinski definition) is 1. The zero-order valence-corrected chi connectivity index (χ0v) is 16.7. The molecule has 2 amide bonds. The van der Waals surface area contributed by atoms with Crippen molar-refractivity contribution in [3.63, 3.8) is 0 Å². The molecule has 26 heavy (non-hydrogen) atoms. The van der Waals surface area contributed by atoms with E-state index in [0.29, 0.717) is 25.7 Å². The van der Waals surface area contributed by atoms with Gasteiger partial charge in [-0.05, 0) is 45.4 Å². The number of benzene rings is 1. The van der Waals surface area contributed by atoms with E-state index < -0.39 is 0 Å². The Morgan fingerprint density at radius 1 is 1.35 bits per heavy atom. The molecule has 0 spiro atoms. The molecule has 0 aromatic heterocycles. The number of carbonyl (C=O) groups excluding carboxylic acids is 1. The summed E-state index contributed by atoms with van der Waals surface area (Å²) in [6, 6.07) is 8.32. The number of rotatable bonds is 8. The second-order valence-electron chi connectivity index (χ2n) is 6.97. The van der Waals surface area contributed by atoms with Gasteiger partial charge in [-0.25, -0.2) is 4.79 Å². The Morgan fingerprint density at radius 2 is 2.12 bits per heavy atom. The summed E-state index contributed by atoms with van der Waals surface area (Å²) in [7, 11) is 1.71. The molecule has 1 aliphatic rings. The molecule has 1 saturated heterocycles. The summed E-state index contributed by atoms with van der Waals surface area (Å²) in [4.78, 5) is 16.9. The number of carbonyl (C=O) groups is 1. The normalized spacial score (nSPS) is 20.4. The molecule has 1 aliphatic heterocycles. The molecule has 1 N–H and O–H groups in total. The van der Waals surface area contributed by atoms with Crippen LogP contribution in [-0.2, 0) is 11.3 Å².